The van der Waals surface area contributed by atoms with Crippen molar-refractivity contribution < 1.29 is 0 Å². The van der Waals surface area contributed by atoms with Gasteiger partial charge in [0, 0.05) is 17.1 Å². The summed E-state index contributed by atoms with van der Waals surface area (Å²) < 4.78 is 1.90. The third-order valence-corrected chi connectivity index (χ3v) is 1.93. The zero-order valence-corrected chi connectivity index (χ0v) is 14.2. The lowest BCUT2D eigenvalue weighted by molar-refractivity contribution is 0.599. The van der Waals surface area contributed by atoms with E-state index in [1.165, 1.54) is 12.5 Å². The number of nitrogens with one attached hydrogen (secondary N) is 1. The van der Waals surface area contributed by atoms with Crippen LogP contribution in [0.5, 0.6) is 0 Å². The number of alkyl halides is 1. The topological polar surface area (TPSA) is 94.1 Å². The number of hydrogen-bond acceptors (Lipinski definition) is 4. The predicted molar refractivity (Wildman–Crippen MR) is 84.7 cm³/mol. The molecule has 1 N–H and O–H groups in total. The lowest BCUT2D eigenvalue weighted by Crippen LogP contribution is -1.95. The first-order valence-corrected chi connectivity index (χ1v) is 7.28. The van der Waals surface area contributed by atoms with E-state index in [1.807, 2.05) is 30.6 Å². The lowest BCUT2D eigenvalue weighted by Gasteiger charge is -2.02. The van der Waals surface area contributed by atoms with Gasteiger partial charge in [-0.05, 0) is 13.8 Å². The van der Waals surface area contributed by atoms with Crippen molar-refractivity contribution in [1.29, 1.82) is 10.5 Å². The number of nitrogens with zero attached hydrogens (tertiary/aromatic N) is 5. The Bertz CT molecular complexity index is 569. The fraction of sp³-hybridized carbons (Fsp3) is 0.429. The van der Waals surface area contributed by atoms with E-state index in [9.17, 15) is 0 Å². The van der Waals surface area contributed by atoms with Crippen molar-refractivity contribution >= 4 is 15.9 Å². The van der Waals surface area contributed by atoms with Gasteiger partial charge in [0.05, 0.1) is 18.9 Å². The van der Waals surface area contributed by atoms with Crippen LogP contribution in [-0.4, -0.2) is 24.3 Å². The third kappa shape index (κ3) is 9.42. The van der Waals surface area contributed by atoms with Gasteiger partial charge in [-0.25, -0.2) is 9.97 Å². The normalized spacial score (nSPS) is 9.00. The van der Waals surface area contributed by atoms with Crippen molar-refractivity contribution in [2.45, 2.75) is 38.6 Å². The van der Waals surface area contributed by atoms with Crippen LogP contribution in [0.4, 0.5) is 0 Å². The number of aromatic nitrogens is 4. The highest BCUT2D eigenvalue weighted by molar-refractivity contribution is 9.09. The summed E-state index contributed by atoms with van der Waals surface area (Å²) >= 11 is 3.27. The summed E-state index contributed by atoms with van der Waals surface area (Å²) in [6, 6.07) is 4.24. The molecule has 0 amide bonds. The first kappa shape index (κ1) is 18.9. The van der Waals surface area contributed by atoms with Gasteiger partial charge in [0.15, 0.2) is 5.69 Å². The standard InChI is InChI=1S/C7H9N3.C4H3N3.C3H7Br/c1-6(2)10-4-7(3-8)9-5-10;5-1-4-2-6-3-7-4;1-3(2)4/h4-6H,1-2H3;2-3H,(H,6,7);3H,1-2H3. The Kier molecular flexibility index (Phi) is 9.57. The van der Waals surface area contributed by atoms with Crippen LogP contribution < -0.4 is 0 Å². The van der Waals surface area contributed by atoms with Crippen molar-refractivity contribution in [3.05, 3.63) is 36.4 Å². The number of rotatable bonds is 1. The van der Waals surface area contributed by atoms with Gasteiger partial charge < -0.3 is 9.55 Å². The first-order chi connectivity index (χ1) is 9.90. The largest absolute Gasteiger partial charge is 0.336 e. The van der Waals surface area contributed by atoms with E-state index in [2.05, 4.69) is 44.7 Å². The number of hydrogen-bond donors (Lipinski definition) is 1. The Labute approximate surface area is 133 Å². The van der Waals surface area contributed by atoms with Crippen molar-refractivity contribution in [2.75, 3.05) is 0 Å². The maximum Gasteiger partial charge on any atom is 0.158 e. The molecular weight excluding hydrogens is 332 g/mol. The van der Waals surface area contributed by atoms with Crippen LogP contribution in [0.3, 0.4) is 0 Å². The van der Waals surface area contributed by atoms with Crippen molar-refractivity contribution in [1.82, 2.24) is 19.5 Å². The number of imidazole rings is 2. The average molecular weight is 351 g/mol. The summed E-state index contributed by atoms with van der Waals surface area (Å²) in [5.74, 6) is 0. The van der Waals surface area contributed by atoms with Crippen molar-refractivity contribution in [2.24, 2.45) is 0 Å². The van der Waals surface area contributed by atoms with E-state index in [0.717, 1.165) is 0 Å². The van der Waals surface area contributed by atoms with Crippen LogP contribution in [0, 0.1) is 22.7 Å². The van der Waals surface area contributed by atoms with E-state index >= 15 is 0 Å². The Morgan fingerprint density at radius 1 is 1.24 bits per heavy atom. The summed E-state index contributed by atoms with van der Waals surface area (Å²) in [5, 5.41) is 16.5. The van der Waals surface area contributed by atoms with Gasteiger partial charge >= 0.3 is 0 Å². The second kappa shape index (κ2) is 10.6. The van der Waals surface area contributed by atoms with Crippen LogP contribution in [0.15, 0.2) is 25.0 Å². The zero-order chi connectivity index (χ0) is 16.3. The molecule has 0 saturated heterocycles. The molecule has 0 unspecified atom stereocenters. The Morgan fingerprint density at radius 3 is 2.10 bits per heavy atom. The second-order valence-electron chi connectivity index (χ2n) is 4.50. The number of aromatic amines is 1. The average Bonchev–Trinajstić information content (AvgIpc) is 3.10. The molecule has 21 heavy (non-hydrogen) atoms. The van der Waals surface area contributed by atoms with Gasteiger partial charge in [-0.3, -0.25) is 0 Å². The molecule has 0 bridgehead atoms. The molecule has 2 aromatic heterocycles. The van der Waals surface area contributed by atoms with Gasteiger partial charge in [-0.15, -0.1) is 0 Å². The first-order valence-electron chi connectivity index (χ1n) is 6.36. The van der Waals surface area contributed by atoms with Crippen LogP contribution in [0.25, 0.3) is 0 Å². The number of H-pyrrole nitrogens is 1. The van der Waals surface area contributed by atoms with E-state index in [-0.39, 0.29) is 0 Å². The maximum absolute atomic E-state index is 8.41. The fourth-order valence-corrected chi connectivity index (χ4v) is 0.994. The molecule has 0 spiro atoms. The molecule has 0 aliphatic carbocycles. The molecule has 0 aliphatic heterocycles. The summed E-state index contributed by atoms with van der Waals surface area (Å²) in [5.41, 5.74) is 0.980. The van der Waals surface area contributed by atoms with E-state index in [1.54, 1.807) is 12.5 Å². The molecule has 0 fully saturated rings. The maximum atomic E-state index is 8.41. The van der Waals surface area contributed by atoms with Gasteiger partial charge in [0.25, 0.3) is 0 Å². The van der Waals surface area contributed by atoms with Gasteiger partial charge in [0.2, 0.25) is 0 Å². The molecule has 6 nitrogen and oxygen atoms in total. The molecule has 0 saturated carbocycles. The SMILES string of the molecule is CC(C)Br.CC(C)n1cnc(C#N)c1.N#Cc1cnc[nH]1. The molecule has 112 valence electrons. The second-order valence-corrected chi connectivity index (χ2v) is 6.33. The number of nitriles is 2. The molecule has 2 aromatic rings. The molecule has 0 radical (unpaired) electrons. The van der Waals surface area contributed by atoms with Gasteiger partial charge in [0.1, 0.15) is 17.8 Å². The Balaban J connectivity index is 0.000000317. The van der Waals surface area contributed by atoms with E-state index in [0.29, 0.717) is 22.3 Å². The Morgan fingerprint density at radius 2 is 1.86 bits per heavy atom. The summed E-state index contributed by atoms with van der Waals surface area (Å²) in [6.07, 6.45) is 6.35. The monoisotopic (exact) mass is 350 g/mol. The van der Waals surface area contributed by atoms with E-state index < -0.39 is 0 Å². The highest BCUT2D eigenvalue weighted by Crippen LogP contribution is 2.03. The minimum absolute atomic E-state index is 0.384. The number of halogens is 1. The minimum Gasteiger partial charge on any atom is -0.336 e. The van der Waals surface area contributed by atoms with Gasteiger partial charge in [-0.1, -0.05) is 29.8 Å². The summed E-state index contributed by atoms with van der Waals surface area (Å²) in [6.45, 7) is 8.26. The van der Waals surface area contributed by atoms with Crippen LogP contribution in [0.1, 0.15) is 45.1 Å². The van der Waals surface area contributed by atoms with Crippen LogP contribution in [-0.2, 0) is 0 Å². The Hall–Kier alpha value is -2.12. The van der Waals surface area contributed by atoms with E-state index in [4.69, 9.17) is 10.5 Å². The predicted octanol–water partition coefficient (Wildman–Crippen LogP) is 3.41. The van der Waals surface area contributed by atoms with Crippen LogP contribution in [0.2, 0.25) is 0 Å². The highest BCUT2D eigenvalue weighted by Gasteiger charge is 1.98. The molecule has 2 heterocycles. The minimum atomic E-state index is 0.384. The molecule has 2 rings (SSSR count). The van der Waals surface area contributed by atoms with Gasteiger partial charge in [-0.2, -0.15) is 10.5 Å². The summed E-state index contributed by atoms with van der Waals surface area (Å²) in [7, 11) is 0. The molecule has 0 aromatic carbocycles. The molecule has 0 atom stereocenters. The smallest absolute Gasteiger partial charge is 0.158 e. The molecular formula is C14H19BrN6. The molecule has 0 aliphatic rings. The fourth-order valence-electron chi connectivity index (χ4n) is 0.994. The zero-order valence-electron chi connectivity index (χ0n) is 12.6. The quantitative estimate of drug-likeness (QED) is 0.797. The highest BCUT2D eigenvalue weighted by atomic mass is 79.9. The third-order valence-electron chi connectivity index (χ3n) is 1.93. The van der Waals surface area contributed by atoms with Crippen molar-refractivity contribution in [3.8, 4) is 12.1 Å². The van der Waals surface area contributed by atoms with Crippen molar-refractivity contribution in [3.63, 3.8) is 0 Å². The summed E-state index contributed by atoms with van der Waals surface area (Å²) in [4.78, 5) is 10.7. The molecule has 7 heteroatoms. The van der Waals surface area contributed by atoms with Crippen LogP contribution >= 0.6 is 15.9 Å². The lowest BCUT2D eigenvalue weighted by atomic mass is 10.4.